The summed E-state index contributed by atoms with van der Waals surface area (Å²) in [5.74, 6) is -0.197. The van der Waals surface area contributed by atoms with Crippen molar-refractivity contribution in [2.45, 2.75) is 25.4 Å². The Morgan fingerprint density at radius 3 is 2.59 bits per heavy atom. The first-order chi connectivity index (χ1) is 8.19. The molecule has 0 aromatic heterocycles. The average molecular weight is 236 g/mol. The lowest BCUT2D eigenvalue weighted by atomic mass is 10.2. The summed E-state index contributed by atoms with van der Waals surface area (Å²) in [6.07, 6.45) is 2.30. The largest absolute Gasteiger partial charge is 0.358 e. The van der Waals surface area contributed by atoms with Crippen molar-refractivity contribution < 1.29 is 9.18 Å². The van der Waals surface area contributed by atoms with Gasteiger partial charge in [0.2, 0.25) is 5.91 Å². The maximum atomic E-state index is 12.8. The van der Waals surface area contributed by atoms with E-state index in [1.807, 2.05) is 0 Å². The SMILES string of the molecule is CNC(=O)CN(Cc1ccc(F)cc1)C1CC1. The molecule has 1 amide bonds. The van der Waals surface area contributed by atoms with Crippen molar-refractivity contribution in [2.24, 2.45) is 0 Å². The quantitative estimate of drug-likeness (QED) is 0.841. The molecule has 17 heavy (non-hydrogen) atoms. The molecule has 0 aliphatic heterocycles. The summed E-state index contributed by atoms with van der Waals surface area (Å²) in [7, 11) is 1.64. The number of amides is 1. The predicted molar refractivity (Wildman–Crippen MR) is 63.9 cm³/mol. The Labute approximate surface area is 101 Å². The number of hydrogen-bond acceptors (Lipinski definition) is 2. The van der Waals surface area contributed by atoms with Gasteiger partial charge in [0.25, 0.3) is 0 Å². The lowest BCUT2D eigenvalue weighted by Gasteiger charge is -2.20. The summed E-state index contributed by atoms with van der Waals surface area (Å²) in [6.45, 7) is 1.12. The number of hydrogen-bond donors (Lipinski definition) is 1. The Bertz CT molecular complexity index is 387. The summed E-state index contributed by atoms with van der Waals surface area (Å²) in [5, 5.41) is 2.63. The molecule has 3 nitrogen and oxygen atoms in total. The highest BCUT2D eigenvalue weighted by molar-refractivity contribution is 5.77. The van der Waals surface area contributed by atoms with E-state index in [0.29, 0.717) is 19.1 Å². The molecule has 1 saturated carbocycles. The van der Waals surface area contributed by atoms with E-state index in [4.69, 9.17) is 0 Å². The van der Waals surface area contributed by atoms with Crippen LogP contribution in [0.5, 0.6) is 0 Å². The monoisotopic (exact) mass is 236 g/mol. The Balaban J connectivity index is 1.97. The molecule has 4 heteroatoms. The summed E-state index contributed by atoms with van der Waals surface area (Å²) < 4.78 is 12.8. The molecular formula is C13H17FN2O. The third-order valence-electron chi connectivity index (χ3n) is 2.99. The van der Waals surface area contributed by atoms with Crippen molar-refractivity contribution in [1.29, 1.82) is 0 Å². The molecule has 1 N–H and O–H groups in total. The zero-order valence-electron chi connectivity index (χ0n) is 9.95. The number of nitrogens with zero attached hydrogens (tertiary/aromatic N) is 1. The highest BCUT2D eigenvalue weighted by Gasteiger charge is 2.29. The highest BCUT2D eigenvalue weighted by atomic mass is 19.1. The van der Waals surface area contributed by atoms with Gasteiger partial charge in [0, 0.05) is 19.6 Å². The smallest absolute Gasteiger partial charge is 0.233 e. The molecule has 0 bridgehead atoms. The van der Waals surface area contributed by atoms with Crippen molar-refractivity contribution in [3.8, 4) is 0 Å². The topological polar surface area (TPSA) is 32.3 Å². The van der Waals surface area contributed by atoms with E-state index in [2.05, 4.69) is 10.2 Å². The Hall–Kier alpha value is -1.42. The van der Waals surface area contributed by atoms with Crippen LogP contribution in [0.15, 0.2) is 24.3 Å². The first kappa shape index (κ1) is 12.0. The standard InChI is InChI=1S/C13H17FN2O/c1-15-13(17)9-16(12-6-7-12)8-10-2-4-11(14)5-3-10/h2-5,12H,6-9H2,1H3,(H,15,17). The van der Waals surface area contributed by atoms with E-state index in [1.54, 1.807) is 19.2 Å². The Morgan fingerprint density at radius 1 is 1.41 bits per heavy atom. The number of rotatable bonds is 5. The second kappa shape index (κ2) is 5.27. The van der Waals surface area contributed by atoms with E-state index in [0.717, 1.165) is 18.4 Å². The molecular weight excluding hydrogens is 219 g/mol. The van der Waals surface area contributed by atoms with Gasteiger partial charge in [0.05, 0.1) is 6.54 Å². The van der Waals surface area contributed by atoms with Gasteiger partial charge in [-0.15, -0.1) is 0 Å². The minimum Gasteiger partial charge on any atom is -0.358 e. The zero-order valence-corrected chi connectivity index (χ0v) is 9.95. The third kappa shape index (κ3) is 3.53. The fraction of sp³-hybridized carbons (Fsp3) is 0.462. The maximum Gasteiger partial charge on any atom is 0.233 e. The molecule has 1 fully saturated rings. The van der Waals surface area contributed by atoms with Gasteiger partial charge < -0.3 is 5.32 Å². The van der Waals surface area contributed by atoms with Crippen LogP contribution in [0.2, 0.25) is 0 Å². The maximum absolute atomic E-state index is 12.8. The molecule has 1 aromatic carbocycles. The molecule has 1 aromatic rings. The van der Waals surface area contributed by atoms with Crippen LogP contribution in [0, 0.1) is 5.82 Å². The van der Waals surface area contributed by atoms with E-state index in [1.165, 1.54) is 12.1 Å². The molecule has 0 heterocycles. The molecule has 0 spiro atoms. The number of carbonyl (C=O) groups is 1. The first-order valence-electron chi connectivity index (χ1n) is 5.88. The van der Waals surface area contributed by atoms with Gasteiger partial charge in [0.1, 0.15) is 5.82 Å². The van der Waals surface area contributed by atoms with E-state index in [-0.39, 0.29) is 11.7 Å². The van der Waals surface area contributed by atoms with Gasteiger partial charge in [-0.25, -0.2) is 4.39 Å². The molecule has 92 valence electrons. The number of halogens is 1. The van der Waals surface area contributed by atoms with Gasteiger partial charge in [-0.1, -0.05) is 12.1 Å². The second-order valence-electron chi connectivity index (χ2n) is 4.44. The van der Waals surface area contributed by atoms with E-state index < -0.39 is 0 Å². The van der Waals surface area contributed by atoms with Gasteiger partial charge in [-0.3, -0.25) is 9.69 Å². The van der Waals surface area contributed by atoms with Gasteiger partial charge in [-0.2, -0.15) is 0 Å². The van der Waals surface area contributed by atoms with Crippen molar-refractivity contribution in [2.75, 3.05) is 13.6 Å². The van der Waals surface area contributed by atoms with Crippen LogP contribution in [0.25, 0.3) is 0 Å². The summed E-state index contributed by atoms with van der Waals surface area (Å²) >= 11 is 0. The van der Waals surface area contributed by atoms with Crippen molar-refractivity contribution in [1.82, 2.24) is 10.2 Å². The van der Waals surface area contributed by atoms with Gasteiger partial charge >= 0.3 is 0 Å². The molecule has 0 saturated heterocycles. The van der Waals surface area contributed by atoms with Crippen molar-refractivity contribution in [3.63, 3.8) is 0 Å². The van der Waals surface area contributed by atoms with Crippen LogP contribution < -0.4 is 5.32 Å². The first-order valence-corrected chi connectivity index (χ1v) is 5.88. The lowest BCUT2D eigenvalue weighted by Crippen LogP contribution is -2.36. The van der Waals surface area contributed by atoms with Crippen LogP contribution in [0.1, 0.15) is 18.4 Å². The number of likely N-dealkylation sites (N-methyl/N-ethyl adjacent to an activating group) is 1. The van der Waals surface area contributed by atoms with Crippen LogP contribution in [-0.4, -0.2) is 30.4 Å². The highest BCUT2D eigenvalue weighted by Crippen LogP contribution is 2.27. The molecule has 0 unspecified atom stereocenters. The van der Waals surface area contributed by atoms with Crippen LogP contribution >= 0.6 is 0 Å². The molecule has 0 radical (unpaired) electrons. The number of benzene rings is 1. The van der Waals surface area contributed by atoms with Crippen molar-refractivity contribution >= 4 is 5.91 Å². The predicted octanol–water partition coefficient (Wildman–Crippen LogP) is 1.54. The number of carbonyl (C=O) groups excluding carboxylic acids is 1. The minimum atomic E-state index is -0.224. The fourth-order valence-corrected chi connectivity index (χ4v) is 1.84. The minimum absolute atomic E-state index is 0.0269. The summed E-state index contributed by atoms with van der Waals surface area (Å²) in [6, 6.07) is 6.97. The molecule has 1 aliphatic rings. The number of nitrogens with one attached hydrogen (secondary N) is 1. The van der Waals surface area contributed by atoms with Crippen molar-refractivity contribution in [3.05, 3.63) is 35.6 Å². The van der Waals surface area contributed by atoms with Crippen LogP contribution in [0.3, 0.4) is 0 Å². The lowest BCUT2D eigenvalue weighted by molar-refractivity contribution is -0.122. The van der Waals surface area contributed by atoms with Gasteiger partial charge in [0.15, 0.2) is 0 Å². The van der Waals surface area contributed by atoms with Gasteiger partial charge in [-0.05, 0) is 30.5 Å². The third-order valence-corrected chi connectivity index (χ3v) is 2.99. The zero-order chi connectivity index (χ0) is 12.3. The normalized spacial score (nSPS) is 15.0. The molecule has 2 rings (SSSR count). The average Bonchev–Trinajstić information content (AvgIpc) is 3.15. The Kier molecular flexibility index (Phi) is 3.74. The Morgan fingerprint density at radius 2 is 2.06 bits per heavy atom. The van der Waals surface area contributed by atoms with E-state index >= 15 is 0 Å². The molecule has 1 aliphatic carbocycles. The fourth-order valence-electron chi connectivity index (χ4n) is 1.84. The summed E-state index contributed by atoms with van der Waals surface area (Å²) in [4.78, 5) is 13.5. The van der Waals surface area contributed by atoms with E-state index in [9.17, 15) is 9.18 Å². The second-order valence-corrected chi connectivity index (χ2v) is 4.44. The van der Waals surface area contributed by atoms with Crippen LogP contribution in [-0.2, 0) is 11.3 Å². The molecule has 0 atom stereocenters. The summed E-state index contributed by atoms with van der Waals surface area (Å²) in [5.41, 5.74) is 1.04. The van der Waals surface area contributed by atoms with Crippen LogP contribution in [0.4, 0.5) is 4.39 Å².